The number of rotatable bonds is 9. The lowest BCUT2D eigenvalue weighted by Crippen LogP contribution is -2.47. The molecule has 1 fully saturated rings. The van der Waals surface area contributed by atoms with E-state index in [2.05, 4.69) is 17.6 Å². The molecule has 1 aliphatic heterocycles. The Balaban J connectivity index is 2.08. The van der Waals surface area contributed by atoms with Gasteiger partial charge in [0.15, 0.2) is 0 Å². The summed E-state index contributed by atoms with van der Waals surface area (Å²) < 4.78 is 4.98. The van der Waals surface area contributed by atoms with Gasteiger partial charge in [-0.3, -0.25) is 4.79 Å². The molecular weight excluding hydrogens is 282 g/mol. The second-order valence-corrected chi connectivity index (χ2v) is 5.73. The summed E-state index contributed by atoms with van der Waals surface area (Å²) in [5.74, 6) is 0.0950. The van der Waals surface area contributed by atoms with Crippen LogP contribution in [0, 0.1) is 0 Å². The molecule has 0 unspecified atom stereocenters. The van der Waals surface area contributed by atoms with Crippen LogP contribution in [-0.4, -0.2) is 55.7 Å². The molecule has 6 heteroatoms. The van der Waals surface area contributed by atoms with E-state index < -0.39 is 0 Å². The first-order chi connectivity index (χ1) is 10.7. The van der Waals surface area contributed by atoms with Crippen molar-refractivity contribution in [3.63, 3.8) is 0 Å². The molecule has 1 rings (SSSR count). The van der Waals surface area contributed by atoms with Crippen LogP contribution in [-0.2, 0) is 9.53 Å². The lowest BCUT2D eigenvalue weighted by molar-refractivity contribution is -0.121. The zero-order chi connectivity index (χ0) is 16.2. The lowest BCUT2D eigenvalue weighted by Gasteiger charge is -2.31. The molecule has 0 aromatic heterocycles. The Bertz CT molecular complexity index is 329. The van der Waals surface area contributed by atoms with Crippen LogP contribution in [0.15, 0.2) is 0 Å². The number of ether oxygens (including phenoxy) is 1. The number of amides is 2. The zero-order valence-electron chi connectivity index (χ0n) is 14.0. The van der Waals surface area contributed by atoms with Crippen molar-refractivity contribution in [1.29, 1.82) is 0 Å². The van der Waals surface area contributed by atoms with Crippen molar-refractivity contribution in [1.82, 2.24) is 15.5 Å². The van der Waals surface area contributed by atoms with Crippen LogP contribution in [0.4, 0.5) is 4.79 Å². The lowest BCUT2D eigenvalue weighted by atomic mass is 10.1. The fourth-order valence-corrected chi connectivity index (χ4v) is 2.55. The Morgan fingerprint density at radius 2 is 1.86 bits per heavy atom. The van der Waals surface area contributed by atoms with Crippen LogP contribution in [0.3, 0.4) is 0 Å². The third-order valence-corrected chi connectivity index (χ3v) is 3.87. The molecule has 0 radical (unpaired) electrons. The average Bonchev–Trinajstić information content (AvgIpc) is 2.51. The number of hydrogen-bond acceptors (Lipinski definition) is 4. The average molecular weight is 313 g/mol. The highest BCUT2D eigenvalue weighted by atomic mass is 16.6. The molecule has 2 N–H and O–H groups in total. The maximum Gasteiger partial charge on any atom is 0.409 e. The molecule has 2 amide bonds. The van der Waals surface area contributed by atoms with Gasteiger partial charge in [0.25, 0.3) is 0 Å². The van der Waals surface area contributed by atoms with Crippen molar-refractivity contribution in [2.45, 2.75) is 58.4 Å². The molecule has 0 bridgehead atoms. The van der Waals surface area contributed by atoms with Gasteiger partial charge in [-0.15, -0.1) is 0 Å². The van der Waals surface area contributed by atoms with Crippen molar-refractivity contribution in [3.8, 4) is 0 Å². The van der Waals surface area contributed by atoms with E-state index in [0.717, 1.165) is 25.9 Å². The summed E-state index contributed by atoms with van der Waals surface area (Å²) in [7, 11) is 0. The minimum absolute atomic E-state index is 0.0950. The number of nitrogens with one attached hydrogen (secondary N) is 2. The van der Waals surface area contributed by atoms with Crippen LogP contribution >= 0.6 is 0 Å². The summed E-state index contributed by atoms with van der Waals surface area (Å²) in [6.45, 7) is 7.41. The summed E-state index contributed by atoms with van der Waals surface area (Å²) in [6.07, 6.45) is 5.49. The molecule has 1 aliphatic rings. The Hall–Kier alpha value is -1.30. The molecule has 0 aromatic rings. The van der Waals surface area contributed by atoms with Gasteiger partial charge in [0, 0.05) is 32.1 Å². The number of carbonyl (C=O) groups is 2. The molecule has 0 aromatic carbocycles. The highest BCUT2D eigenvalue weighted by Gasteiger charge is 2.24. The van der Waals surface area contributed by atoms with E-state index in [1.165, 1.54) is 19.3 Å². The van der Waals surface area contributed by atoms with Gasteiger partial charge >= 0.3 is 6.09 Å². The topological polar surface area (TPSA) is 70.7 Å². The summed E-state index contributed by atoms with van der Waals surface area (Å²) in [5, 5.41) is 6.35. The number of likely N-dealkylation sites (tertiary alicyclic amines) is 1. The van der Waals surface area contributed by atoms with Crippen LogP contribution in [0.1, 0.15) is 52.4 Å². The van der Waals surface area contributed by atoms with Gasteiger partial charge in [0.05, 0.1) is 6.61 Å². The Morgan fingerprint density at radius 1 is 1.14 bits per heavy atom. The van der Waals surface area contributed by atoms with E-state index >= 15 is 0 Å². The maximum absolute atomic E-state index is 11.9. The van der Waals surface area contributed by atoms with E-state index in [1.807, 2.05) is 0 Å². The summed E-state index contributed by atoms with van der Waals surface area (Å²) in [6, 6.07) is 0.179. The molecular formula is C16H31N3O3. The highest BCUT2D eigenvalue weighted by molar-refractivity contribution is 5.76. The second kappa shape index (κ2) is 11.3. The fourth-order valence-electron chi connectivity index (χ4n) is 2.55. The maximum atomic E-state index is 11.9. The summed E-state index contributed by atoms with van der Waals surface area (Å²) in [4.78, 5) is 25.2. The second-order valence-electron chi connectivity index (χ2n) is 5.73. The first-order valence-corrected chi connectivity index (χ1v) is 8.59. The van der Waals surface area contributed by atoms with Gasteiger partial charge in [-0.2, -0.15) is 0 Å². The van der Waals surface area contributed by atoms with E-state index in [4.69, 9.17) is 4.74 Å². The SMILES string of the molecule is CCCCCNCCC(=O)NC1CCN(C(=O)OCC)CC1. The monoisotopic (exact) mass is 313 g/mol. The van der Waals surface area contributed by atoms with Crippen LogP contribution in [0.2, 0.25) is 0 Å². The molecule has 0 atom stereocenters. The van der Waals surface area contributed by atoms with Crippen molar-refractivity contribution in [2.75, 3.05) is 32.8 Å². The van der Waals surface area contributed by atoms with E-state index in [0.29, 0.717) is 26.1 Å². The standard InChI is InChI=1S/C16H31N3O3/c1-3-5-6-10-17-11-7-15(20)18-14-8-12-19(13-9-14)16(21)22-4-2/h14,17H,3-13H2,1-2H3,(H,18,20). The van der Waals surface area contributed by atoms with Crippen LogP contribution in [0.25, 0.3) is 0 Å². The summed E-state index contributed by atoms with van der Waals surface area (Å²) >= 11 is 0. The first kappa shape index (κ1) is 18.7. The molecule has 1 saturated heterocycles. The van der Waals surface area contributed by atoms with Gasteiger partial charge in [0.2, 0.25) is 5.91 Å². The summed E-state index contributed by atoms with van der Waals surface area (Å²) in [5.41, 5.74) is 0. The minimum atomic E-state index is -0.247. The molecule has 128 valence electrons. The van der Waals surface area contributed by atoms with Gasteiger partial charge in [-0.05, 0) is 32.7 Å². The van der Waals surface area contributed by atoms with Crippen LogP contribution < -0.4 is 10.6 Å². The Kier molecular flexibility index (Phi) is 9.62. The quantitative estimate of drug-likeness (QED) is 0.638. The smallest absolute Gasteiger partial charge is 0.409 e. The third kappa shape index (κ3) is 7.64. The predicted octanol–water partition coefficient (Wildman–Crippen LogP) is 1.89. The fraction of sp³-hybridized carbons (Fsp3) is 0.875. The zero-order valence-corrected chi connectivity index (χ0v) is 14.0. The van der Waals surface area contributed by atoms with Gasteiger partial charge < -0.3 is 20.3 Å². The first-order valence-electron chi connectivity index (χ1n) is 8.59. The Morgan fingerprint density at radius 3 is 2.50 bits per heavy atom. The normalized spacial score (nSPS) is 15.6. The van der Waals surface area contributed by atoms with Crippen molar-refractivity contribution in [2.24, 2.45) is 0 Å². The van der Waals surface area contributed by atoms with Crippen molar-refractivity contribution in [3.05, 3.63) is 0 Å². The molecule has 0 aliphatic carbocycles. The number of carbonyl (C=O) groups excluding carboxylic acids is 2. The number of hydrogen-bond donors (Lipinski definition) is 2. The molecule has 1 heterocycles. The van der Waals surface area contributed by atoms with E-state index in [1.54, 1.807) is 11.8 Å². The largest absolute Gasteiger partial charge is 0.450 e. The van der Waals surface area contributed by atoms with Crippen LogP contribution in [0.5, 0.6) is 0 Å². The van der Waals surface area contributed by atoms with Gasteiger partial charge in [-0.25, -0.2) is 4.79 Å². The van der Waals surface area contributed by atoms with Gasteiger partial charge in [-0.1, -0.05) is 19.8 Å². The van der Waals surface area contributed by atoms with Crippen molar-refractivity contribution < 1.29 is 14.3 Å². The van der Waals surface area contributed by atoms with E-state index in [9.17, 15) is 9.59 Å². The molecule has 0 saturated carbocycles. The molecule has 22 heavy (non-hydrogen) atoms. The Labute approximate surface area is 134 Å². The molecule has 0 spiro atoms. The van der Waals surface area contributed by atoms with Gasteiger partial charge in [0.1, 0.15) is 0 Å². The van der Waals surface area contributed by atoms with E-state index in [-0.39, 0.29) is 18.0 Å². The number of unbranched alkanes of at least 4 members (excludes halogenated alkanes) is 2. The minimum Gasteiger partial charge on any atom is -0.450 e. The number of nitrogens with zero attached hydrogens (tertiary/aromatic N) is 1. The van der Waals surface area contributed by atoms with Crippen molar-refractivity contribution >= 4 is 12.0 Å². The predicted molar refractivity (Wildman–Crippen MR) is 86.8 cm³/mol. The highest BCUT2D eigenvalue weighted by Crippen LogP contribution is 2.11. The number of piperidine rings is 1. The molecule has 6 nitrogen and oxygen atoms in total. The third-order valence-electron chi connectivity index (χ3n) is 3.87.